The Morgan fingerprint density at radius 1 is 1.50 bits per heavy atom. The molecule has 1 saturated heterocycles. The standard InChI is InChI=1S/C12H13ClN2O6S/c1-5(16)21-3-6-4-22-11-8(14-7(17)2-13)10(18)15(11)9(6)12(19)20/h8,11H,2-4H2,1H3,(H,14,17)(H,19,20)/t8?,11-/m1/s1. The number of nitrogens with one attached hydrogen (secondary N) is 1. The molecule has 2 N–H and O–H groups in total. The lowest BCUT2D eigenvalue weighted by Gasteiger charge is -2.49. The van der Waals surface area contributed by atoms with Gasteiger partial charge in [-0.05, 0) is 0 Å². The Morgan fingerprint density at radius 3 is 2.73 bits per heavy atom. The van der Waals surface area contributed by atoms with E-state index in [0.717, 1.165) is 4.90 Å². The van der Waals surface area contributed by atoms with E-state index in [1.165, 1.54) is 18.7 Å². The van der Waals surface area contributed by atoms with Crippen molar-refractivity contribution in [2.75, 3.05) is 18.2 Å². The molecule has 1 fully saturated rings. The van der Waals surface area contributed by atoms with Gasteiger partial charge in [0.05, 0.1) is 0 Å². The molecular weight excluding hydrogens is 336 g/mol. The Morgan fingerprint density at radius 2 is 2.18 bits per heavy atom. The van der Waals surface area contributed by atoms with Gasteiger partial charge < -0.3 is 15.2 Å². The smallest absolute Gasteiger partial charge is 0.352 e. The van der Waals surface area contributed by atoms with Gasteiger partial charge in [0.25, 0.3) is 5.91 Å². The van der Waals surface area contributed by atoms with Crippen LogP contribution in [-0.4, -0.2) is 63.4 Å². The third kappa shape index (κ3) is 3.05. The number of alkyl halides is 1. The highest BCUT2D eigenvalue weighted by molar-refractivity contribution is 8.00. The highest BCUT2D eigenvalue weighted by Crippen LogP contribution is 2.40. The van der Waals surface area contributed by atoms with E-state index < -0.39 is 35.2 Å². The molecule has 8 nitrogen and oxygen atoms in total. The Bertz CT molecular complexity index is 578. The third-order valence-corrected chi connectivity index (χ3v) is 4.72. The van der Waals surface area contributed by atoms with Crippen molar-refractivity contribution in [1.82, 2.24) is 10.2 Å². The molecule has 120 valence electrons. The fourth-order valence-electron chi connectivity index (χ4n) is 2.20. The summed E-state index contributed by atoms with van der Waals surface area (Å²) in [5.74, 6) is -2.81. The van der Waals surface area contributed by atoms with E-state index in [4.69, 9.17) is 16.3 Å². The first kappa shape index (κ1) is 16.6. The van der Waals surface area contributed by atoms with Crippen LogP contribution in [0, 0.1) is 0 Å². The van der Waals surface area contributed by atoms with Crippen molar-refractivity contribution in [3.63, 3.8) is 0 Å². The minimum atomic E-state index is -1.28. The normalized spacial score (nSPS) is 23.5. The van der Waals surface area contributed by atoms with Crippen molar-refractivity contribution < 1.29 is 29.0 Å². The first-order valence-corrected chi connectivity index (χ1v) is 7.83. The Balaban J connectivity index is 2.19. The van der Waals surface area contributed by atoms with Crippen LogP contribution in [0.5, 0.6) is 0 Å². The molecule has 0 spiro atoms. The summed E-state index contributed by atoms with van der Waals surface area (Å²) in [4.78, 5) is 46.8. The number of hydrogen-bond acceptors (Lipinski definition) is 6. The lowest BCUT2D eigenvalue weighted by molar-refractivity contribution is -0.150. The maximum atomic E-state index is 12.1. The topological polar surface area (TPSA) is 113 Å². The Hall–Kier alpha value is -1.74. The molecule has 2 atom stereocenters. The van der Waals surface area contributed by atoms with E-state index >= 15 is 0 Å². The van der Waals surface area contributed by atoms with Crippen LogP contribution in [0.4, 0.5) is 0 Å². The number of fused-ring (bicyclic) bond motifs is 1. The molecule has 0 aromatic carbocycles. The molecule has 0 bridgehead atoms. The number of carbonyl (C=O) groups excluding carboxylic acids is 3. The quantitative estimate of drug-likeness (QED) is 0.392. The highest BCUT2D eigenvalue weighted by atomic mass is 35.5. The molecule has 0 aromatic rings. The summed E-state index contributed by atoms with van der Waals surface area (Å²) in [5.41, 5.74) is 0.158. The molecule has 2 amide bonds. The monoisotopic (exact) mass is 348 g/mol. The van der Waals surface area contributed by atoms with Gasteiger partial charge in [0.15, 0.2) is 0 Å². The average molecular weight is 349 g/mol. The third-order valence-electron chi connectivity index (χ3n) is 3.14. The van der Waals surface area contributed by atoms with E-state index in [2.05, 4.69) is 5.32 Å². The summed E-state index contributed by atoms with van der Waals surface area (Å²) >= 11 is 6.67. The van der Waals surface area contributed by atoms with Gasteiger partial charge >= 0.3 is 11.9 Å². The second-order valence-corrected chi connectivity index (χ2v) is 6.00. The summed E-state index contributed by atoms with van der Waals surface area (Å²) in [7, 11) is 0. The summed E-state index contributed by atoms with van der Waals surface area (Å²) in [5, 5.41) is 11.3. The number of carboxylic acids is 1. The van der Waals surface area contributed by atoms with Gasteiger partial charge in [-0.3, -0.25) is 19.3 Å². The lowest BCUT2D eigenvalue weighted by atomic mass is 10.0. The summed E-state index contributed by atoms with van der Waals surface area (Å²) in [6.07, 6.45) is 0. The number of aliphatic carboxylic acids is 1. The van der Waals surface area contributed by atoms with Crippen molar-refractivity contribution in [3.8, 4) is 0 Å². The van der Waals surface area contributed by atoms with Crippen molar-refractivity contribution in [1.29, 1.82) is 0 Å². The molecule has 0 aromatic heterocycles. The van der Waals surface area contributed by atoms with Crippen LogP contribution in [0.2, 0.25) is 0 Å². The minimum absolute atomic E-state index is 0.181. The summed E-state index contributed by atoms with van der Waals surface area (Å²) in [6, 6.07) is -0.791. The summed E-state index contributed by atoms with van der Waals surface area (Å²) < 4.78 is 4.81. The van der Waals surface area contributed by atoms with Crippen LogP contribution >= 0.6 is 23.4 Å². The lowest BCUT2D eigenvalue weighted by Crippen LogP contribution is -2.70. The van der Waals surface area contributed by atoms with Gasteiger partial charge in [0, 0.05) is 18.2 Å². The number of ether oxygens (including phenoxy) is 1. The predicted octanol–water partition coefficient (Wildman–Crippen LogP) is -0.473. The SMILES string of the molecule is CC(=O)OCC1=C(C(=O)O)N2C(=O)C(NC(=O)CCl)[C@H]2SC1. The zero-order valence-corrected chi connectivity index (χ0v) is 13.1. The summed E-state index contributed by atoms with van der Waals surface area (Å²) in [6.45, 7) is 1.03. The Labute approximate surface area is 134 Å². The largest absolute Gasteiger partial charge is 0.477 e. The molecular formula is C12H13ClN2O6S. The zero-order chi connectivity index (χ0) is 16.4. The van der Waals surface area contributed by atoms with E-state index in [0.29, 0.717) is 5.57 Å². The van der Waals surface area contributed by atoms with Crippen molar-refractivity contribution >= 4 is 47.1 Å². The molecule has 2 aliphatic rings. The zero-order valence-electron chi connectivity index (χ0n) is 11.5. The van der Waals surface area contributed by atoms with Crippen molar-refractivity contribution in [2.45, 2.75) is 18.3 Å². The van der Waals surface area contributed by atoms with Gasteiger partial charge in [-0.2, -0.15) is 0 Å². The first-order valence-electron chi connectivity index (χ1n) is 6.25. The minimum Gasteiger partial charge on any atom is -0.477 e. The maximum absolute atomic E-state index is 12.1. The number of carbonyl (C=O) groups is 4. The number of carboxylic acid groups (broad SMARTS) is 1. The average Bonchev–Trinajstić information content (AvgIpc) is 2.48. The van der Waals surface area contributed by atoms with Gasteiger partial charge in [0.1, 0.15) is 29.6 Å². The number of halogens is 1. The first-order chi connectivity index (χ1) is 10.4. The van der Waals surface area contributed by atoms with Crippen LogP contribution in [0.15, 0.2) is 11.3 Å². The van der Waals surface area contributed by atoms with Gasteiger partial charge in [-0.25, -0.2) is 4.79 Å². The van der Waals surface area contributed by atoms with Crippen LogP contribution in [0.1, 0.15) is 6.92 Å². The number of esters is 1. The van der Waals surface area contributed by atoms with Gasteiger partial charge in [-0.1, -0.05) is 0 Å². The Kier molecular flexibility index (Phi) is 4.97. The number of thioether (sulfide) groups is 1. The van der Waals surface area contributed by atoms with E-state index in [-0.39, 0.29) is 23.9 Å². The van der Waals surface area contributed by atoms with Gasteiger partial charge in [-0.15, -0.1) is 23.4 Å². The van der Waals surface area contributed by atoms with Crippen LogP contribution in [-0.2, 0) is 23.9 Å². The number of β-lactam (4-membered cyclic amide) rings is 1. The van der Waals surface area contributed by atoms with E-state index in [1.807, 2.05) is 0 Å². The van der Waals surface area contributed by atoms with Crippen LogP contribution in [0.25, 0.3) is 0 Å². The number of amides is 2. The predicted molar refractivity (Wildman–Crippen MR) is 77.0 cm³/mol. The molecule has 10 heteroatoms. The number of nitrogens with zero attached hydrogens (tertiary/aromatic N) is 1. The molecule has 2 heterocycles. The molecule has 2 aliphatic heterocycles. The van der Waals surface area contributed by atoms with Crippen molar-refractivity contribution in [3.05, 3.63) is 11.3 Å². The molecule has 2 rings (SSSR count). The van der Waals surface area contributed by atoms with E-state index in [9.17, 15) is 24.3 Å². The number of hydrogen-bond donors (Lipinski definition) is 2. The molecule has 0 aliphatic carbocycles. The fraction of sp³-hybridized carbons (Fsp3) is 0.500. The molecule has 1 unspecified atom stereocenters. The number of rotatable bonds is 5. The van der Waals surface area contributed by atoms with Crippen LogP contribution < -0.4 is 5.32 Å². The maximum Gasteiger partial charge on any atom is 0.352 e. The van der Waals surface area contributed by atoms with Gasteiger partial charge in [0.2, 0.25) is 5.91 Å². The molecule has 0 saturated carbocycles. The van der Waals surface area contributed by atoms with Crippen LogP contribution in [0.3, 0.4) is 0 Å². The van der Waals surface area contributed by atoms with Crippen molar-refractivity contribution in [2.24, 2.45) is 0 Å². The van der Waals surface area contributed by atoms with E-state index in [1.54, 1.807) is 0 Å². The second kappa shape index (κ2) is 6.57. The second-order valence-electron chi connectivity index (χ2n) is 4.63. The molecule has 22 heavy (non-hydrogen) atoms. The molecule has 0 radical (unpaired) electrons. The highest BCUT2D eigenvalue weighted by Gasteiger charge is 2.54. The fourth-order valence-corrected chi connectivity index (χ4v) is 3.60.